The van der Waals surface area contributed by atoms with Gasteiger partial charge in [0.2, 0.25) is 0 Å². The Morgan fingerprint density at radius 2 is 1.88 bits per heavy atom. The molecule has 0 aromatic heterocycles. The van der Waals surface area contributed by atoms with Gasteiger partial charge in [-0.1, -0.05) is 12.1 Å². The van der Waals surface area contributed by atoms with E-state index >= 15 is 0 Å². The van der Waals surface area contributed by atoms with Crippen molar-refractivity contribution in [2.75, 3.05) is 14.1 Å². The van der Waals surface area contributed by atoms with Crippen LogP contribution in [-0.2, 0) is 12.1 Å². The molecular formula is C13H22N2O. The molecule has 0 radical (unpaired) electrons. The second kappa shape index (κ2) is 4.44. The Hall–Kier alpha value is -1.06. The average Bonchev–Trinajstić information content (AvgIpc) is 2.09. The van der Waals surface area contributed by atoms with Crippen LogP contribution in [0.5, 0.6) is 5.75 Å². The lowest BCUT2D eigenvalue weighted by Gasteiger charge is -2.24. The number of nitrogens with two attached hydrogens (primary N) is 1. The minimum atomic E-state index is -0.515. The number of phenols is 1. The van der Waals surface area contributed by atoms with E-state index in [-0.39, 0.29) is 0 Å². The van der Waals surface area contributed by atoms with Crippen molar-refractivity contribution in [2.24, 2.45) is 5.73 Å². The normalized spacial score (nSPS) is 12.2. The van der Waals surface area contributed by atoms with Crippen molar-refractivity contribution in [3.63, 3.8) is 0 Å². The smallest absolute Gasteiger partial charge is 0.125 e. The lowest BCUT2D eigenvalue weighted by atomic mass is 9.91. The van der Waals surface area contributed by atoms with Crippen LogP contribution in [0.3, 0.4) is 0 Å². The molecule has 0 aliphatic rings. The molecule has 1 aromatic carbocycles. The van der Waals surface area contributed by atoms with Gasteiger partial charge >= 0.3 is 0 Å². The second-order valence-electron chi connectivity index (χ2n) is 5.22. The lowest BCUT2D eigenvalue weighted by Crippen LogP contribution is -2.29. The predicted molar refractivity (Wildman–Crippen MR) is 67.4 cm³/mol. The Bertz CT molecular complexity index is 378. The number of benzene rings is 1. The average molecular weight is 222 g/mol. The van der Waals surface area contributed by atoms with Crippen LogP contribution in [0.2, 0.25) is 0 Å². The fraction of sp³-hybridized carbons (Fsp3) is 0.538. The van der Waals surface area contributed by atoms with Crippen molar-refractivity contribution in [3.8, 4) is 5.75 Å². The van der Waals surface area contributed by atoms with E-state index in [1.165, 1.54) is 0 Å². The summed E-state index contributed by atoms with van der Waals surface area (Å²) in [7, 11) is 3.97. The zero-order chi connectivity index (χ0) is 12.5. The largest absolute Gasteiger partial charge is 0.507 e. The molecule has 0 amide bonds. The van der Waals surface area contributed by atoms with Crippen molar-refractivity contribution in [1.29, 1.82) is 0 Å². The molecule has 90 valence electrons. The molecule has 0 spiro atoms. The molecule has 16 heavy (non-hydrogen) atoms. The Morgan fingerprint density at radius 3 is 2.31 bits per heavy atom. The summed E-state index contributed by atoms with van der Waals surface area (Å²) in [5.41, 5.74) is 8.38. The highest BCUT2D eigenvalue weighted by Crippen LogP contribution is 2.32. The first-order valence-corrected chi connectivity index (χ1v) is 5.49. The Kier molecular flexibility index (Phi) is 3.61. The maximum atomic E-state index is 10.2. The zero-order valence-corrected chi connectivity index (χ0v) is 10.8. The molecule has 3 nitrogen and oxygen atoms in total. The first-order chi connectivity index (χ1) is 7.23. The molecule has 1 aromatic rings. The summed E-state index contributed by atoms with van der Waals surface area (Å²) in [6.07, 6.45) is 0. The van der Waals surface area contributed by atoms with Crippen molar-refractivity contribution in [3.05, 3.63) is 28.8 Å². The van der Waals surface area contributed by atoms with E-state index in [1.54, 1.807) is 0 Å². The predicted octanol–water partition coefficient (Wildman–Crippen LogP) is 1.96. The summed E-state index contributed by atoms with van der Waals surface area (Å²) in [6, 6.07) is 3.92. The lowest BCUT2D eigenvalue weighted by molar-refractivity contribution is 0.377. The highest BCUT2D eigenvalue weighted by Gasteiger charge is 2.21. The number of rotatable bonds is 3. The minimum absolute atomic E-state index is 0.334. The van der Waals surface area contributed by atoms with Crippen molar-refractivity contribution < 1.29 is 5.11 Å². The quantitative estimate of drug-likeness (QED) is 0.822. The topological polar surface area (TPSA) is 49.5 Å². The monoisotopic (exact) mass is 222 g/mol. The SMILES string of the molecule is Cc1ccc(C(C)(C)N)c(O)c1CN(C)C. The van der Waals surface area contributed by atoms with Gasteiger partial charge in [0.25, 0.3) is 0 Å². The Morgan fingerprint density at radius 1 is 1.31 bits per heavy atom. The van der Waals surface area contributed by atoms with Gasteiger partial charge in [-0.3, -0.25) is 0 Å². The van der Waals surface area contributed by atoms with E-state index in [0.717, 1.165) is 23.2 Å². The molecule has 0 bridgehead atoms. The summed E-state index contributed by atoms with van der Waals surface area (Å²) in [4.78, 5) is 2.04. The van der Waals surface area contributed by atoms with Crippen LogP contribution in [0.25, 0.3) is 0 Å². The Balaban J connectivity index is 3.27. The molecular weight excluding hydrogens is 200 g/mol. The molecule has 1 rings (SSSR count). The van der Waals surface area contributed by atoms with Crippen LogP contribution >= 0.6 is 0 Å². The van der Waals surface area contributed by atoms with Gasteiger partial charge in [-0.15, -0.1) is 0 Å². The summed E-state index contributed by atoms with van der Waals surface area (Å²) in [5, 5.41) is 10.2. The molecule has 0 atom stereocenters. The number of hydrogen-bond donors (Lipinski definition) is 2. The summed E-state index contributed by atoms with van der Waals surface area (Å²) in [6.45, 7) is 6.53. The highest BCUT2D eigenvalue weighted by atomic mass is 16.3. The highest BCUT2D eigenvalue weighted by molar-refractivity contribution is 5.47. The van der Waals surface area contributed by atoms with Crippen LogP contribution in [0.1, 0.15) is 30.5 Å². The molecule has 3 heteroatoms. The van der Waals surface area contributed by atoms with Crippen molar-refractivity contribution in [1.82, 2.24) is 4.90 Å². The number of aryl methyl sites for hydroxylation is 1. The van der Waals surface area contributed by atoms with E-state index < -0.39 is 5.54 Å². The van der Waals surface area contributed by atoms with Gasteiger partial charge in [-0.05, 0) is 40.4 Å². The third-order valence-electron chi connectivity index (χ3n) is 2.69. The summed E-state index contributed by atoms with van der Waals surface area (Å²) >= 11 is 0. The maximum absolute atomic E-state index is 10.2. The van der Waals surface area contributed by atoms with Crippen molar-refractivity contribution >= 4 is 0 Å². The van der Waals surface area contributed by atoms with Crippen LogP contribution in [0.4, 0.5) is 0 Å². The van der Waals surface area contributed by atoms with E-state index in [2.05, 4.69) is 0 Å². The van der Waals surface area contributed by atoms with Gasteiger partial charge in [0, 0.05) is 23.2 Å². The van der Waals surface area contributed by atoms with Gasteiger partial charge in [-0.25, -0.2) is 0 Å². The zero-order valence-electron chi connectivity index (χ0n) is 10.8. The molecule has 0 heterocycles. The van der Waals surface area contributed by atoms with E-state index in [9.17, 15) is 5.11 Å². The fourth-order valence-corrected chi connectivity index (χ4v) is 1.77. The van der Waals surface area contributed by atoms with Gasteiger partial charge in [0.05, 0.1) is 0 Å². The van der Waals surface area contributed by atoms with Crippen LogP contribution < -0.4 is 5.73 Å². The Labute approximate surface area is 97.9 Å². The van der Waals surface area contributed by atoms with Crippen molar-refractivity contribution in [2.45, 2.75) is 32.9 Å². The van der Waals surface area contributed by atoms with E-state index in [1.807, 2.05) is 51.9 Å². The van der Waals surface area contributed by atoms with Crippen LogP contribution in [0, 0.1) is 6.92 Å². The third kappa shape index (κ3) is 2.74. The van der Waals surface area contributed by atoms with Gasteiger partial charge in [-0.2, -0.15) is 0 Å². The first-order valence-electron chi connectivity index (χ1n) is 5.49. The third-order valence-corrected chi connectivity index (χ3v) is 2.69. The van der Waals surface area contributed by atoms with Gasteiger partial charge in [0.15, 0.2) is 0 Å². The summed E-state index contributed by atoms with van der Waals surface area (Å²) in [5.74, 6) is 0.334. The maximum Gasteiger partial charge on any atom is 0.125 e. The molecule has 0 aliphatic heterocycles. The number of phenolic OH excluding ortho intramolecular Hbond substituents is 1. The fourth-order valence-electron chi connectivity index (χ4n) is 1.77. The first kappa shape index (κ1) is 13.0. The number of nitrogens with zero attached hydrogens (tertiary/aromatic N) is 1. The van der Waals surface area contributed by atoms with Crippen LogP contribution in [0.15, 0.2) is 12.1 Å². The van der Waals surface area contributed by atoms with E-state index in [4.69, 9.17) is 5.73 Å². The number of aromatic hydroxyl groups is 1. The molecule has 3 N–H and O–H groups in total. The molecule has 0 unspecified atom stereocenters. The summed E-state index contributed by atoms with van der Waals surface area (Å²) < 4.78 is 0. The van der Waals surface area contributed by atoms with Gasteiger partial charge in [0.1, 0.15) is 5.75 Å². The molecule has 0 aliphatic carbocycles. The van der Waals surface area contributed by atoms with Crippen LogP contribution in [-0.4, -0.2) is 24.1 Å². The van der Waals surface area contributed by atoms with Gasteiger partial charge < -0.3 is 15.7 Å². The molecule has 0 saturated carbocycles. The standard InChI is InChI=1S/C13H22N2O/c1-9-6-7-11(13(2,3)14)12(16)10(9)8-15(4)5/h6-7,16H,8,14H2,1-5H3. The van der Waals surface area contributed by atoms with E-state index in [0.29, 0.717) is 5.75 Å². The molecule has 0 fully saturated rings. The number of hydrogen-bond acceptors (Lipinski definition) is 3. The minimum Gasteiger partial charge on any atom is -0.507 e. The second-order valence-corrected chi connectivity index (χ2v) is 5.22. The molecule has 0 saturated heterocycles.